The van der Waals surface area contributed by atoms with Gasteiger partial charge in [0.1, 0.15) is 25.1 Å². The zero-order valence-corrected chi connectivity index (χ0v) is 8.88. The molecule has 0 bridgehead atoms. The van der Waals surface area contributed by atoms with Gasteiger partial charge in [-0.3, -0.25) is 9.98 Å². The average Bonchev–Trinajstić information content (AvgIpc) is 2.77. The van der Waals surface area contributed by atoms with Gasteiger partial charge in [-0.2, -0.15) is 0 Å². The van der Waals surface area contributed by atoms with E-state index in [1.165, 1.54) is 0 Å². The van der Waals surface area contributed by atoms with E-state index in [2.05, 4.69) is 15.0 Å². The van der Waals surface area contributed by atoms with Crippen LogP contribution in [-0.2, 0) is 5.54 Å². The molecule has 0 spiro atoms. The summed E-state index contributed by atoms with van der Waals surface area (Å²) in [5, 5.41) is 0. The van der Waals surface area contributed by atoms with Crippen LogP contribution in [0.15, 0.2) is 22.2 Å². The van der Waals surface area contributed by atoms with Crippen molar-refractivity contribution in [2.45, 2.75) is 12.5 Å². The summed E-state index contributed by atoms with van der Waals surface area (Å²) in [5.41, 5.74) is 0.338. The van der Waals surface area contributed by atoms with Crippen LogP contribution in [0.25, 0.3) is 0 Å². The Bertz CT molecular complexity index is 470. The Balaban J connectivity index is 2.03. The van der Waals surface area contributed by atoms with Crippen LogP contribution in [-0.4, -0.2) is 30.8 Å². The third kappa shape index (κ3) is 1.36. The number of rotatable bonds is 1. The van der Waals surface area contributed by atoms with E-state index in [0.29, 0.717) is 19.0 Å². The minimum absolute atomic E-state index is 0.476. The molecule has 5 nitrogen and oxygen atoms in total. The molecule has 0 aromatic carbocycles. The maximum Gasteiger partial charge on any atom is 0.179 e. The normalized spacial score (nSPS) is 26.1. The first-order valence-electron chi connectivity index (χ1n) is 5.12. The second kappa shape index (κ2) is 3.30. The van der Waals surface area contributed by atoms with Crippen molar-refractivity contribution in [3.05, 3.63) is 18.0 Å². The summed E-state index contributed by atoms with van der Waals surface area (Å²) in [7, 11) is 0. The van der Waals surface area contributed by atoms with Gasteiger partial charge < -0.3 is 9.47 Å². The number of hydrogen-bond donors (Lipinski definition) is 0. The third-order valence-electron chi connectivity index (χ3n) is 2.67. The van der Waals surface area contributed by atoms with Gasteiger partial charge in [-0.25, -0.2) is 4.99 Å². The molecule has 0 aliphatic carbocycles. The highest BCUT2D eigenvalue weighted by atomic mass is 16.6. The Hall–Kier alpha value is -1.91. The van der Waals surface area contributed by atoms with Crippen LogP contribution in [0.1, 0.15) is 12.6 Å². The summed E-state index contributed by atoms with van der Waals surface area (Å²) in [4.78, 5) is 12.6. The van der Waals surface area contributed by atoms with Crippen molar-refractivity contribution >= 4 is 12.6 Å². The highest BCUT2D eigenvalue weighted by Gasteiger charge is 2.28. The zero-order chi connectivity index (χ0) is 11.0. The monoisotopic (exact) mass is 217 g/mol. The van der Waals surface area contributed by atoms with Crippen LogP contribution in [0, 0.1) is 0 Å². The second-order valence-electron chi connectivity index (χ2n) is 3.88. The van der Waals surface area contributed by atoms with E-state index < -0.39 is 5.54 Å². The summed E-state index contributed by atoms with van der Waals surface area (Å²) < 4.78 is 10.9. The summed E-state index contributed by atoms with van der Waals surface area (Å²) in [5.74, 6) is 1.42. The molecule has 2 aliphatic rings. The van der Waals surface area contributed by atoms with Gasteiger partial charge in [-0.1, -0.05) is 0 Å². The van der Waals surface area contributed by atoms with Crippen molar-refractivity contribution < 1.29 is 9.47 Å². The minimum atomic E-state index is -0.476. The highest BCUT2D eigenvalue weighted by molar-refractivity contribution is 5.86. The highest BCUT2D eigenvalue weighted by Crippen LogP contribution is 2.33. The van der Waals surface area contributed by atoms with Crippen molar-refractivity contribution in [1.82, 2.24) is 4.98 Å². The molecule has 16 heavy (non-hydrogen) atoms. The molecule has 3 heterocycles. The van der Waals surface area contributed by atoms with Gasteiger partial charge in [0.15, 0.2) is 11.5 Å². The van der Waals surface area contributed by atoms with Gasteiger partial charge in [0.05, 0.1) is 11.9 Å². The predicted molar refractivity (Wildman–Crippen MR) is 59.6 cm³/mol. The summed E-state index contributed by atoms with van der Waals surface area (Å²) >= 11 is 0. The first kappa shape index (κ1) is 9.33. The Morgan fingerprint density at radius 1 is 1.25 bits per heavy atom. The average molecular weight is 217 g/mol. The van der Waals surface area contributed by atoms with Gasteiger partial charge in [-0.05, 0) is 6.92 Å². The van der Waals surface area contributed by atoms with Crippen molar-refractivity contribution in [1.29, 1.82) is 0 Å². The number of aliphatic imine (C=N–C) groups is 2. The molecule has 0 saturated carbocycles. The standard InChI is InChI=1S/C11H11N3O2/c1-11(6-12-7-14-11)10-4-8-9(5-13-10)16-3-2-15-8/h4-7H,2-3H2,1H3. The number of ether oxygens (including phenoxy) is 2. The topological polar surface area (TPSA) is 56.1 Å². The molecule has 1 atom stereocenters. The van der Waals surface area contributed by atoms with Crippen molar-refractivity contribution in [3.8, 4) is 11.5 Å². The zero-order valence-electron chi connectivity index (χ0n) is 8.88. The van der Waals surface area contributed by atoms with Gasteiger partial charge in [0, 0.05) is 12.3 Å². The quantitative estimate of drug-likeness (QED) is 0.709. The summed E-state index contributed by atoms with van der Waals surface area (Å²) in [6.45, 7) is 3.11. The summed E-state index contributed by atoms with van der Waals surface area (Å²) in [6, 6.07) is 1.86. The molecule has 0 radical (unpaired) electrons. The molecule has 0 saturated heterocycles. The molecule has 0 N–H and O–H groups in total. The first-order valence-corrected chi connectivity index (χ1v) is 5.12. The van der Waals surface area contributed by atoms with Crippen LogP contribution < -0.4 is 9.47 Å². The van der Waals surface area contributed by atoms with Crippen LogP contribution in [0.4, 0.5) is 0 Å². The molecule has 1 unspecified atom stereocenters. The van der Waals surface area contributed by atoms with E-state index in [4.69, 9.17) is 9.47 Å². The molecule has 1 aromatic rings. The van der Waals surface area contributed by atoms with Gasteiger partial charge in [-0.15, -0.1) is 0 Å². The van der Waals surface area contributed by atoms with E-state index in [9.17, 15) is 0 Å². The van der Waals surface area contributed by atoms with Crippen LogP contribution >= 0.6 is 0 Å². The van der Waals surface area contributed by atoms with Gasteiger partial charge in [0.25, 0.3) is 0 Å². The molecule has 82 valence electrons. The van der Waals surface area contributed by atoms with E-state index in [1.54, 1.807) is 18.7 Å². The molecular weight excluding hydrogens is 206 g/mol. The lowest BCUT2D eigenvalue weighted by atomic mass is 10.00. The number of nitrogens with zero attached hydrogens (tertiary/aromatic N) is 3. The van der Waals surface area contributed by atoms with E-state index >= 15 is 0 Å². The van der Waals surface area contributed by atoms with Crippen molar-refractivity contribution in [3.63, 3.8) is 0 Å². The number of fused-ring (bicyclic) bond motifs is 1. The van der Waals surface area contributed by atoms with Gasteiger partial charge >= 0.3 is 0 Å². The Kier molecular flexibility index (Phi) is 1.92. The van der Waals surface area contributed by atoms with Crippen LogP contribution in [0.5, 0.6) is 11.5 Å². The maximum atomic E-state index is 5.51. The Labute approximate surface area is 92.8 Å². The maximum absolute atomic E-state index is 5.51. The molecule has 5 heteroatoms. The Morgan fingerprint density at radius 3 is 2.81 bits per heavy atom. The number of hydrogen-bond acceptors (Lipinski definition) is 5. The number of aromatic nitrogens is 1. The fraction of sp³-hybridized carbons (Fsp3) is 0.364. The minimum Gasteiger partial charge on any atom is -0.486 e. The third-order valence-corrected chi connectivity index (χ3v) is 2.67. The SMILES string of the molecule is CC1(c2cc3c(cn2)OCCO3)C=NC=N1. The second-order valence-corrected chi connectivity index (χ2v) is 3.88. The number of pyridine rings is 1. The van der Waals surface area contributed by atoms with E-state index in [1.807, 2.05) is 13.0 Å². The molecule has 3 rings (SSSR count). The van der Waals surface area contributed by atoms with Crippen LogP contribution in [0.3, 0.4) is 0 Å². The van der Waals surface area contributed by atoms with E-state index in [-0.39, 0.29) is 0 Å². The molecule has 0 fully saturated rings. The molecular formula is C11H11N3O2. The Morgan fingerprint density at radius 2 is 2.06 bits per heavy atom. The largest absolute Gasteiger partial charge is 0.486 e. The van der Waals surface area contributed by atoms with E-state index in [0.717, 1.165) is 11.4 Å². The fourth-order valence-electron chi connectivity index (χ4n) is 1.72. The lowest BCUT2D eigenvalue weighted by Gasteiger charge is -2.21. The molecule has 2 aliphatic heterocycles. The van der Waals surface area contributed by atoms with Crippen molar-refractivity contribution in [2.24, 2.45) is 9.98 Å². The van der Waals surface area contributed by atoms with Gasteiger partial charge in [0.2, 0.25) is 0 Å². The van der Waals surface area contributed by atoms with Crippen LogP contribution in [0.2, 0.25) is 0 Å². The first-order chi connectivity index (χ1) is 7.78. The lowest BCUT2D eigenvalue weighted by molar-refractivity contribution is 0.170. The predicted octanol–water partition coefficient (Wildman–Crippen LogP) is 1.18. The fourth-order valence-corrected chi connectivity index (χ4v) is 1.72. The summed E-state index contributed by atoms with van der Waals surface area (Å²) in [6.07, 6.45) is 4.99. The van der Waals surface area contributed by atoms with Crippen molar-refractivity contribution in [2.75, 3.05) is 13.2 Å². The lowest BCUT2D eigenvalue weighted by Crippen LogP contribution is -2.22. The smallest absolute Gasteiger partial charge is 0.179 e. The molecule has 0 amide bonds. The molecule has 1 aromatic heterocycles.